The van der Waals surface area contributed by atoms with Crippen LogP contribution in [0.2, 0.25) is 0 Å². The van der Waals surface area contributed by atoms with Crippen LogP contribution in [0.3, 0.4) is 0 Å². The zero-order valence-electron chi connectivity index (χ0n) is 15.6. The van der Waals surface area contributed by atoms with E-state index in [4.69, 9.17) is 4.74 Å². The van der Waals surface area contributed by atoms with Crippen LogP contribution in [0.25, 0.3) is 0 Å². The Morgan fingerprint density at radius 3 is 2.81 bits per heavy atom. The van der Waals surface area contributed by atoms with Crippen molar-refractivity contribution in [3.63, 3.8) is 0 Å². The summed E-state index contributed by atoms with van der Waals surface area (Å²) in [6.07, 6.45) is 1.01. The van der Waals surface area contributed by atoms with Crippen molar-refractivity contribution in [3.05, 3.63) is 59.9 Å². The van der Waals surface area contributed by atoms with Crippen molar-refractivity contribution in [1.82, 2.24) is 10.6 Å². The predicted molar refractivity (Wildman–Crippen MR) is 119 cm³/mol. The summed E-state index contributed by atoms with van der Waals surface area (Å²) in [7, 11) is 3.44. The number of nitrogens with one attached hydrogen (secondary N) is 2. The van der Waals surface area contributed by atoms with E-state index in [0.29, 0.717) is 12.6 Å². The minimum atomic E-state index is -0.226. The number of aliphatic imine (C=N–C) groups is 1. The van der Waals surface area contributed by atoms with E-state index in [-0.39, 0.29) is 29.8 Å². The Kier molecular flexibility index (Phi) is 8.15. The van der Waals surface area contributed by atoms with Gasteiger partial charge in [0.2, 0.25) is 0 Å². The first kappa shape index (κ1) is 21.3. The van der Waals surface area contributed by atoms with Crippen molar-refractivity contribution in [1.29, 1.82) is 0 Å². The molecule has 3 rings (SSSR count). The van der Waals surface area contributed by atoms with Gasteiger partial charge in [-0.15, -0.1) is 24.0 Å². The fourth-order valence-electron chi connectivity index (χ4n) is 3.21. The van der Waals surface area contributed by atoms with Crippen molar-refractivity contribution < 1.29 is 9.13 Å². The van der Waals surface area contributed by atoms with Gasteiger partial charge in [-0.1, -0.05) is 24.3 Å². The van der Waals surface area contributed by atoms with Crippen LogP contribution in [0.1, 0.15) is 12.0 Å². The molecule has 146 valence electrons. The van der Waals surface area contributed by atoms with Crippen LogP contribution in [0.5, 0.6) is 5.75 Å². The summed E-state index contributed by atoms with van der Waals surface area (Å²) >= 11 is 0. The van der Waals surface area contributed by atoms with Gasteiger partial charge in [0.25, 0.3) is 0 Å². The fraction of sp³-hybridized carbons (Fsp3) is 0.350. The molecule has 0 spiro atoms. The zero-order valence-corrected chi connectivity index (χ0v) is 17.9. The van der Waals surface area contributed by atoms with E-state index in [2.05, 4.69) is 26.6 Å². The van der Waals surface area contributed by atoms with Gasteiger partial charge < -0.3 is 20.3 Å². The van der Waals surface area contributed by atoms with Gasteiger partial charge in [0.1, 0.15) is 11.6 Å². The number of guanidine groups is 1. The van der Waals surface area contributed by atoms with Crippen molar-refractivity contribution >= 4 is 35.6 Å². The van der Waals surface area contributed by atoms with Gasteiger partial charge in [0.15, 0.2) is 5.96 Å². The normalized spacial score (nSPS) is 16.6. The summed E-state index contributed by atoms with van der Waals surface area (Å²) in [6.45, 7) is 2.36. The van der Waals surface area contributed by atoms with Gasteiger partial charge in [0.05, 0.1) is 12.8 Å². The highest BCUT2D eigenvalue weighted by molar-refractivity contribution is 14.0. The maximum atomic E-state index is 13.3. The molecule has 1 unspecified atom stereocenters. The van der Waals surface area contributed by atoms with Crippen LogP contribution < -0.4 is 20.3 Å². The number of methoxy groups -OCH3 is 1. The van der Waals surface area contributed by atoms with Gasteiger partial charge in [-0.2, -0.15) is 0 Å². The molecule has 0 aliphatic carbocycles. The number of hydrogen-bond acceptors (Lipinski definition) is 3. The number of benzene rings is 2. The number of ether oxygens (including phenoxy) is 1. The lowest BCUT2D eigenvalue weighted by Crippen LogP contribution is -2.44. The highest BCUT2D eigenvalue weighted by Crippen LogP contribution is 2.30. The van der Waals surface area contributed by atoms with E-state index in [1.54, 1.807) is 20.2 Å². The van der Waals surface area contributed by atoms with Crippen LogP contribution in [0, 0.1) is 5.82 Å². The molecule has 0 aromatic heterocycles. The molecule has 0 amide bonds. The Morgan fingerprint density at radius 1 is 1.26 bits per heavy atom. The number of hydrogen-bond donors (Lipinski definition) is 2. The second kappa shape index (κ2) is 10.3. The second-order valence-corrected chi connectivity index (χ2v) is 6.30. The van der Waals surface area contributed by atoms with Crippen LogP contribution in [-0.4, -0.2) is 39.2 Å². The highest BCUT2D eigenvalue weighted by atomic mass is 127. The highest BCUT2D eigenvalue weighted by Gasteiger charge is 2.25. The Balaban J connectivity index is 0.00000261. The lowest BCUT2D eigenvalue weighted by Gasteiger charge is -2.22. The van der Waals surface area contributed by atoms with E-state index in [9.17, 15) is 4.39 Å². The van der Waals surface area contributed by atoms with Gasteiger partial charge >= 0.3 is 0 Å². The first-order valence-electron chi connectivity index (χ1n) is 8.79. The molecule has 1 fully saturated rings. The molecule has 1 atom stereocenters. The topological polar surface area (TPSA) is 48.9 Å². The molecule has 1 saturated heterocycles. The minimum absolute atomic E-state index is 0. The lowest BCUT2D eigenvalue weighted by molar-refractivity contribution is 0.415. The van der Waals surface area contributed by atoms with E-state index < -0.39 is 0 Å². The quantitative estimate of drug-likeness (QED) is 0.388. The molecular weight excluding hydrogens is 458 g/mol. The van der Waals surface area contributed by atoms with E-state index in [1.807, 2.05) is 24.3 Å². The van der Waals surface area contributed by atoms with Crippen molar-refractivity contribution in [2.75, 3.05) is 32.1 Å². The van der Waals surface area contributed by atoms with E-state index in [0.717, 1.165) is 42.5 Å². The first-order chi connectivity index (χ1) is 12.7. The largest absolute Gasteiger partial charge is 0.495 e. The lowest BCUT2D eigenvalue weighted by atomic mass is 10.2. The molecule has 2 aromatic rings. The molecular formula is C20H26FIN4O. The van der Waals surface area contributed by atoms with Crippen LogP contribution in [0.4, 0.5) is 10.1 Å². The maximum absolute atomic E-state index is 13.3. The van der Waals surface area contributed by atoms with Crippen LogP contribution in [-0.2, 0) is 6.54 Å². The molecule has 1 heterocycles. The SMILES string of the molecule is CN=C(NCc1cccc(F)c1)NC1CCN(c2ccccc2OC)C1.I. The average molecular weight is 484 g/mol. The third kappa shape index (κ3) is 5.72. The monoisotopic (exact) mass is 484 g/mol. The zero-order chi connectivity index (χ0) is 18.4. The van der Waals surface area contributed by atoms with Gasteiger partial charge in [-0.25, -0.2) is 4.39 Å². The summed E-state index contributed by atoms with van der Waals surface area (Å²) in [5, 5.41) is 6.70. The molecule has 0 radical (unpaired) electrons. The number of halogens is 2. The number of nitrogens with zero attached hydrogens (tertiary/aromatic N) is 2. The Labute approximate surface area is 177 Å². The third-order valence-electron chi connectivity index (χ3n) is 4.53. The van der Waals surface area contributed by atoms with Gasteiger partial charge in [0, 0.05) is 32.7 Å². The van der Waals surface area contributed by atoms with Gasteiger partial charge in [-0.3, -0.25) is 4.99 Å². The second-order valence-electron chi connectivity index (χ2n) is 6.30. The van der Waals surface area contributed by atoms with Gasteiger partial charge in [-0.05, 0) is 36.2 Å². The van der Waals surface area contributed by atoms with E-state index >= 15 is 0 Å². The molecule has 2 aromatic carbocycles. The smallest absolute Gasteiger partial charge is 0.191 e. The van der Waals surface area contributed by atoms with Crippen molar-refractivity contribution in [3.8, 4) is 5.75 Å². The summed E-state index contributed by atoms with van der Waals surface area (Å²) in [6, 6.07) is 14.9. The Bertz CT molecular complexity index is 771. The summed E-state index contributed by atoms with van der Waals surface area (Å²) in [5.74, 6) is 1.39. The molecule has 7 heteroatoms. The molecule has 27 heavy (non-hydrogen) atoms. The molecule has 1 aliphatic heterocycles. The van der Waals surface area contributed by atoms with Crippen LogP contribution >= 0.6 is 24.0 Å². The average Bonchev–Trinajstić information content (AvgIpc) is 3.13. The Morgan fingerprint density at radius 2 is 2.07 bits per heavy atom. The maximum Gasteiger partial charge on any atom is 0.191 e. The molecule has 0 bridgehead atoms. The number of anilines is 1. The summed E-state index contributed by atoms with van der Waals surface area (Å²) in [4.78, 5) is 6.59. The standard InChI is InChI=1S/C20H25FN4O.HI/c1-22-20(23-13-15-6-5-7-16(21)12-15)24-17-10-11-25(14-17)18-8-3-4-9-19(18)26-2;/h3-9,12,17H,10-11,13-14H2,1-2H3,(H2,22,23,24);1H. The minimum Gasteiger partial charge on any atom is -0.495 e. The molecule has 0 saturated carbocycles. The van der Waals surface area contributed by atoms with Crippen molar-refractivity contribution in [2.24, 2.45) is 4.99 Å². The molecule has 2 N–H and O–H groups in total. The first-order valence-corrected chi connectivity index (χ1v) is 8.79. The van der Waals surface area contributed by atoms with Crippen molar-refractivity contribution in [2.45, 2.75) is 19.0 Å². The summed E-state index contributed by atoms with van der Waals surface area (Å²) < 4.78 is 18.7. The predicted octanol–water partition coefficient (Wildman–Crippen LogP) is 3.40. The number of para-hydroxylation sites is 2. The third-order valence-corrected chi connectivity index (χ3v) is 4.53. The summed E-state index contributed by atoms with van der Waals surface area (Å²) in [5.41, 5.74) is 2.00. The molecule has 1 aliphatic rings. The Hall–Kier alpha value is -2.03. The molecule has 5 nitrogen and oxygen atoms in total. The van der Waals surface area contributed by atoms with Crippen LogP contribution in [0.15, 0.2) is 53.5 Å². The fourth-order valence-corrected chi connectivity index (χ4v) is 3.21. The van der Waals surface area contributed by atoms with E-state index in [1.165, 1.54) is 12.1 Å². The number of rotatable bonds is 5.